The number of Topliss-reactive ketones (excluding diaryl/α,β-unsaturated/α-hetero) is 1. The third-order valence-electron chi connectivity index (χ3n) is 4.54. The van der Waals surface area contributed by atoms with Crippen molar-refractivity contribution in [1.82, 2.24) is 0 Å². The molecule has 0 atom stereocenters. The number of rotatable bonds is 7. The summed E-state index contributed by atoms with van der Waals surface area (Å²) < 4.78 is 18.4. The van der Waals surface area contributed by atoms with Crippen molar-refractivity contribution < 1.29 is 23.5 Å². The van der Waals surface area contributed by atoms with E-state index in [-0.39, 0.29) is 29.3 Å². The minimum absolute atomic E-state index is 0.00214. The molecule has 5 nitrogen and oxygen atoms in total. The highest BCUT2D eigenvalue weighted by Gasteiger charge is 2.16. The molecule has 1 N–H and O–H groups in total. The second-order valence-electron chi connectivity index (χ2n) is 6.59. The van der Waals surface area contributed by atoms with Crippen molar-refractivity contribution in [3.63, 3.8) is 0 Å². The monoisotopic (exact) mass is 403 g/mol. The number of hydrogen-bond acceptors (Lipinski definition) is 4. The Morgan fingerprint density at radius 2 is 1.82 bits per heavy atom. The minimum atomic E-state index is -0.695. The molecule has 28 heavy (non-hydrogen) atoms. The van der Waals surface area contributed by atoms with Crippen LogP contribution in [0.2, 0.25) is 5.02 Å². The number of anilines is 1. The summed E-state index contributed by atoms with van der Waals surface area (Å²) >= 11 is 5.74. The average molecular weight is 404 g/mol. The van der Waals surface area contributed by atoms with Gasteiger partial charge in [-0.15, -0.1) is 0 Å². The predicted octanol–water partition coefficient (Wildman–Crippen LogP) is 4.11. The van der Waals surface area contributed by atoms with Crippen molar-refractivity contribution in [3.05, 3.63) is 63.9 Å². The number of fused-ring (bicyclic) bond motifs is 1. The van der Waals surface area contributed by atoms with Crippen LogP contribution in [0.5, 0.6) is 0 Å². The minimum Gasteiger partial charge on any atom is -0.456 e. The number of hydrogen-bond donors (Lipinski definition) is 1. The Balaban J connectivity index is 1.43. The van der Waals surface area contributed by atoms with Gasteiger partial charge in [0.15, 0.2) is 12.4 Å². The van der Waals surface area contributed by atoms with Crippen LogP contribution in [0.1, 0.15) is 40.7 Å². The molecule has 0 fully saturated rings. The molecular weight excluding hydrogens is 385 g/mol. The van der Waals surface area contributed by atoms with Gasteiger partial charge in [0.1, 0.15) is 5.82 Å². The van der Waals surface area contributed by atoms with E-state index in [0.29, 0.717) is 5.56 Å². The molecule has 0 saturated heterocycles. The molecule has 0 radical (unpaired) electrons. The van der Waals surface area contributed by atoms with Crippen molar-refractivity contribution in [1.29, 1.82) is 0 Å². The summed E-state index contributed by atoms with van der Waals surface area (Å²) in [6, 6.07) is 9.37. The molecule has 0 bridgehead atoms. The molecule has 2 aromatic rings. The number of nitrogens with one attached hydrogen (secondary N) is 1. The van der Waals surface area contributed by atoms with Gasteiger partial charge < -0.3 is 10.1 Å². The zero-order chi connectivity index (χ0) is 20.1. The van der Waals surface area contributed by atoms with Crippen molar-refractivity contribution in [2.24, 2.45) is 0 Å². The zero-order valence-electron chi connectivity index (χ0n) is 15.1. The third-order valence-corrected chi connectivity index (χ3v) is 4.78. The lowest BCUT2D eigenvalue weighted by Gasteiger charge is -2.08. The summed E-state index contributed by atoms with van der Waals surface area (Å²) in [7, 11) is 0. The molecule has 0 unspecified atom stereocenters. The van der Waals surface area contributed by atoms with Crippen LogP contribution >= 0.6 is 11.6 Å². The maximum atomic E-state index is 13.6. The number of carbonyl (C=O) groups excluding carboxylic acids is 3. The summed E-state index contributed by atoms with van der Waals surface area (Å²) in [4.78, 5) is 35.8. The molecule has 2 aromatic carbocycles. The van der Waals surface area contributed by atoms with E-state index in [4.69, 9.17) is 16.3 Å². The van der Waals surface area contributed by atoms with E-state index in [0.717, 1.165) is 25.3 Å². The Morgan fingerprint density at radius 3 is 2.64 bits per heavy atom. The predicted molar refractivity (Wildman–Crippen MR) is 103 cm³/mol. The number of amides is 1. The average Bonchev–Trinajstić information content (AvgIpc) is 3.15. The SMILES string of the molecule is O=C(COC(=O)CCC(=O)c1ccc2c(c1)CCC2)Nc1cc(Cl)ccc1F. The Morgan fingerprint density at radius 1 is 1.04 bits per heavy atom. The van der Waals surface area contributed by atoms with Gasteiger partial charge in [-0.1, -0.05) is 23.7 Å². The maximum Gasteiger partial charge on any atom is 0.306 e. The van der Waals surface area contributed by atoms with Gasteiger partial charge in [-0.2, -0.15) is 0 Å². The molecule has 0 spiro atoms. The molecule has 0 aromatic heterocycles. The van der Waals surface area contributed by atoms with E-state index < -0.39 is 24.3 Å². The van der Waals surface area contributed by atoms with E-state index in [1.165, 1.54) is 23.3 Å². The second kappa shape index (κ2) is 8.97. The first-order chi connectivity index (χ1) is 13.4. The van der Waals surface area contributed by atoms with Crippen molar-refractivity contribution in [2.45, 2.75) is 32.1 Å². The van der Waals surface area contributed by atoms with Crippen LogP contribution in [0.15, 0.2) is 36.4 Å². The van der Waals surface area contributed by atoms with Gasteiger partial charge in [0.2, 0.25) is 0 Å². The highest BCUT2D eigenvalue weighted by atomic mass is 35.5. The Kier molecular flexibility index (Phi) is 6.41. The lowest BCUT2D eigenvalue weighted by Crippen LogP contribution is -2.21. The van der Waals surface area contributed by atoms with Crippen LogP contribution in [0.3, 0.4) is 0 Å². The van der Waals surface area contributed by atoms with E-state index in [1.807, 2.05) is 12.1 Å². The fraction of sp³-hybridized carbons (Fsp3) is 0.286. The first-order valence-corrected chi connectivity index (χ1v) is 9.35. The fourth-order valence-corrected chi connectivity index (χ4v) is 3.28. The van der Waals surface area contributed by atoms with Crippen LogP contribution in [-0.2, 0) is 27.2 Å². The smallest absolute Gasteiger partial charge is 0.306 e. The Labute approximate surface area is 166 Å². The van der Waals surface area contributed by atoms with Crippen LogP contribution in [0.25, 0.3) is 0 Å². The number of ether oxygens (including phenoxy) is 1. The molecule has 1 amide bonds. The van der Waals surface area contributed by atoms with Crippen molar-refractivity contribution in [3.8, 4) is 0 Å². The lowest BCUT2D eigenvalue weighted by atomic mass is 10.0. The summed E-state index contributed by atoms with van der Waals surface area (Å²) in [6.07, 6.45) is 2.98. The maximum absolute atomic E-state index is 13.6. The summed E-state index contributed by atoms with van der Waals surface area (Å²) in [5, 5.41) is 2.54. The Hall–Kier alpha value is -2.73. The van der Waals surface area contributed by atoms with E-state index in [1.54, 1.807) is 6.07 Å². The highest BCUT2D eigenvalue weighted by Crippen LogP contribution is 2.23. The molecule has 146 valence electrons. The largest absolute Gasteiger partial charge is 0.456 e. The quantitative estimate of drug-likeness (QED) is 0.557. The molecule has 1 aliphatic carbocycles. The molecule has 0 heterocycles. The van der Waals surface area contributed by atoms with Gasteiger partial charge in [0, 0.05) is 17.0 Å². The summed E-state index contributed by atoms with van der Waals surface area (Å²) in [5.74, 6) is -2.16. The second-order valence-corrected chi connectivity index (χ2v) is 7.03. The number of esters is 1. The van der Waals surface area contributed by atoms with Gasteiger partial charge in [0.25, 0.3) is 5.91 Å². The van der Waals surface area contributed by atoms with Gasteiger partial charge in [0.05, 0.1) is 12.1 Å². The van der Waals surface area contributed by atoms with Gasteiger partial charge in [-0.25, -0.2) is 4.39 Å². The molecule has 1 aliphatic rings. The summed E-state index contributed by atoms with van der Waals surface area (Å²) in [5.41, 5.74) is 2.96. The van der Waals surface area contributed by atoms with Crippen LogP contribution < -0.4 is 5.32 Å². The topological polar surface area (TPSA) is 72.5 Å². The molecule has 0 saturated carbocycles. The van der Waals surface area contributed by atoms with E-state index in [9.17, 15) is 18.8 Å². The zero-order valence-corrected chi connectivity index (χ0v) is 15.9. The van der Waals surface area contributed by atoms with Gasteiger partial charge >= 0.3 is 5.97 Å². The van der Waals surface area contributed by atoms with Gasteiger partial charge in [-0.05, 0) is 54.7 Å². The number of aryl methyl sites for hydroxylation is 2. The standard InChI is InChI=1S/C21H19ClFNO4/c22-16-6-7-17(23)18(11-16)24-20(26)12-28-21(27)9-8-19(25)15-5-4-13-2-1-3-14(13)10-15/h4-7,10-11H,1-3,8-9,12H2,(H,24,26). The molecule has 0 aliphatic heterocycles. The normalized spacial score (nSPS) is 12.4. The van der Waals surface area contributed by atoms with E-state index in [2.05, 4.69) is 5.32 Å². The van der Waals surface area contributed by atoms with Crippen LogP contribution in [0, 0.1) is 5.82 Å². The van der Waals surface area contributed by atoms with Crippen LogP contribution in [-0.4, -0.2) is 24.3 Å². The van der Waals surface area contributed by atoms with Crippen molar-refractivity contribution in [2.75, 3.05) is 11.9 Å². The fourth-order valence-electron chi connectivity index (χ4n) is 3.10. The highest BCUT2D eigenvalue weighted by molar-refractivity contribution is 6.30. The number of ketones is 1. The first-order valence-electron chi connectivity index (χ1n) is 8.98. The molecule has 3 rings (SSSR count). The molecular formula is C21H19ClFNO4. The number of carbonyl (C=O) groups is 3. The first kappa shape index (κ1) is 20.0. The molecule has 7 heteroatoms. The number of halogens is 2. The van der Waals surface area contributed by atoms with Crippen molar-refractivity contribution >= 4 is 34.9 Å². The number of benzene rings is 2. The van der Waals surface area contributed by atoms with E-state index >= 15 is 0 Å². The lowest BCUT2D eigenvalue weighted by molar-refractivity contribution is -0.147. The van der Waals surface area contributed by atoms with Gasteiger partial charge in [-0.3, -0.25) is 14.4 Å². The summed E-state index contributed by atoms with van der Waals surface area (Å²) in [6.45, 7) is -0.572. The van der Waals surface area contributed by atoms with Crippen LogP contribution in [0.4, 0.5) is 10.1 Å². The third kappa shape index (κ3) is 5.16. The Bertz CT molecular complexity index is 929.